The summed E-state index contributed by atoms with van der Waals surface area (Å²) >= 11 is 0. The van der Waals surface area contributed by atoms with E-state index in [0.717, 1.165) is 60.1 Å². The molecule has 0 aliphatic rings. The zero-order valence-corrected chi connectivity index (χ0v) is 24.5. The first-order valence-corrected chi connectivity index (χ1v) is 14.3. The van der Waals surface area contributed by atoms with Crippen molar-refractivity contribution < 1.29 is 24.5 Å². The number of aromatic nitrogens is 3. The van der Waals surface area contributed by atoms with E-state index in [1.54, 1.807) is 20.1 Å². The van der Waals surface area contributed by atoms with Crippen LogP contribution in [0.3, 0.4) is 0 Å². The predicted octanol–water partition coefficient (Wildman–Crippen LogP) is 6.16. The predicted molar refractivity (Wildman–Crippen MR) is 159 cm³/mol. The van der Waals surface area contributed by atoms with Gasteiger partial charge in [-0.1, -0.05) is 54.6 Å². The molecule has 3 aromatic carbocycles. The van der Waals surface area contributed by atoms with Gasteiger partial charge in [-0.15, -0.1) is 5.10 Å². The number of fused-ring (bicyclic) bond motifs is 1. The van der Waals surface area contributed by atoms with Crippen LogP contribution in [0.4, 0.5) is 0 Å². The van der Waals surface area contributed by atoms with E-state index >= 15 is 0 Å². The van der Waals surface area contributed by atoms with Gasteiger partial charge in [0, 0.05) is 18.7 Å². The number of benzene rings is 3. The summed E-state index contributed by atoms with van der Waals surface area (Å²) in [6, 6.07) is 19.5. The Bertz CT molecular complexity index is 1450. The quantitative estimate of drug-likeness (QED) is 0.168. The topological polar surface area (TPSA) is 107 Å². The lowest BCUT2D eigenvalue weighted by Crippen LogP contribution is -2.38. The standard InChI is InChI=1S/C33H41N3O5/c1-5-33(32(38)39,21-26-14-17-30(40-4)27(20-26)24(3)37)28-15-16-29-31(23(28)2)34-35-36(29)18-10-7-11-19-41-22-25-12-8-6-9-13-25/h6,8-9,12-17,20,24,37H,5,7,10-11,18-19,21-22H2,1-4H3,(H,38,39). The maximum Gasteiger partial charge on any atom is 0.314 e. The minimum absolute atomic E-state index is 0.273. The molecular formula is C33H41N3O5. The largest absolute Gasteiger partial charge is 0.496 e. The third-order valence-corrected chi connectivity index (χ3v) is 7.99. The second-order valence-corrected chi connectivity index (χ2v) is 10.7. The highest BCUT2D eigenvalue weighted by Gasteiger charge is 2.41. The van der Waals surface area contributed by atoms with Gasteiger partial charge in [0.15, 0.2) is 0 Å². The number of rotatable bonds is 15. The van der Waals surface area contributed by atoms with Gasteiger partial charge in [0.2, 0.25) is 0 Å². The highest BCUT2D eigenvalue weighted by molar-refractivity contribution is 5.87. The van der Waals surface area contributed by atoms with Crippen molar-refractivity contribution >= 4 is 17.0 Å². The number of hydrogen-bond donors (Lipinski definition) is 2. The van der Waals surface area contributed by atoms with Crippen LogP contribution in [-0.2, 0) is 34.5 Å². The molecule has 4 aromatic rings. The van der Waals surface area contributed by atoms with Crippen LogP contribution in [0.5, 0.6) is 5.75 Å². The van der Waals surface area contributed by atoms with E-state index in [4.69, 9.17) is 9.47 Å². The number of aliphatic carboxylic acids is 1. The summed E-state index contributed by atoms with van der Waals surface area (Å²) in [5.41, 5.74) is 4.68. The van der Waals surface area contributed by atoms with Gasteiger partial charge >= 0.3 is 5.97 Å². The second-order valence-electron chi connectivity index (χ2n) is 10.7. The van der Waals surface area contributed by atoms with Gasteiger partial charge in [-0.05, 0) is 86.4 Å². The lowest BCUT2D eigenvalue weighted by atomic mass is 9.71. The molecule has 0 fully saturated rings. The highest BCUT2D eigenvalue weighted by Crippen LogP contribution is 2.38. The Morgan fingerprint density at radius 3 is 2.51 bits per heavy atom. The monoisotopic (exact) mass is 559 g/mol. The zero-order chi connectivity index (χ0) is 29.4. The van der Waals surface area contributed by atoms with Crippen molar-refractivity contribution in [3.05, 3.63) is 88.5 Å². The van der Waals surface area contributed by atoms with Gasteiger partial charge in [-0.25, -0.2) is 4.68 Å². The van der Waals surface area contributed by atoms with Crippen LogP contribution < -0.4 is 4.74 Å². The molecule has 2 atom stereocenters. The number of aliphatic hydroxyl groups is 1. The number of carbonyl (C=O) groups is 1. The molecule has 2 unspecified atom stereocenters. The van der Waals surface area contributed by atoms with E-state index in [1.807, 2.05) is 61.0 Å². The fourth-order valence-corrected chi connectivity index (χ4v) is 5.58. The van der Waals surface area contributed by atoms with Crippen molar-refractivity contribution in [1.29, 1.82) is 0 Å². The van der Waals surface area contributed by atoms with Crippen molar-refractivity contribution in [3.63, 3.8) is 0 Å². The Kier molecular flexibility index (Phi) is 10.1. The molecule has 8 nitrogen and oxygen atoms in total. The molecule has 41 heavy (non-hydrogen) atoms. The Morgan fingerprint density at radius 1 is 1.05 bits per heavy atom. The first-order chi connectivity index (χ1) is 19.8. The van der Waals surface area contributed by atoms with Crippen LogP contribution in [0.25, 0.3) is 11.0 Å². The molecule has 0 radical (unpaired) electrons. The average molecular weight is 560 g/mol. The molecule has 0 saturated heterocycles. The van der Waals surface area contributed by atoms with Crippen LogP contribution >= 0.6 is 0 Å². The summed E-state index contributed by atoms with van der Waals surface area (Å²) < 4.78 is 13.1. The normalized spacial score (nSPS) is 13.7. The lowest BCUT2D eigenvalue weighted by molar-refractivity contribution is -0.144. The zero-order valence-electron chi connectivity index (χ0n) is 24.5. The van der Waals surface area contributed by atoms with Crippen molar-refractivity contribution in [2.24, 2.45) is 0 Å². The number of hydrogen-bond acceptors (Lipinski definition) is 6. The molecule has 0 amide bonds. The third kappa shape index (κ3) is 6.77. The Balaban J connectivity index is 1.47. The summed E-state index contributed by atoms with van der Waals surface area (Å²) in [7, 11) is 1.56. The fourth-order valence-electron chi connectivity index (χ4n) is 5.58. The van der Waals surface area contributed by atoms with Crippen LogP contribution in [0.15, 0.2) is 60.7 Å². The second kappa shape index (κ2) is 13.7. The fraction of sp³-hybridized carbons (Fsp3) is 0.424. The minimum Gasteiger partial charge on any atom is -0.496 e. The lowest BCUT2D eigenvalue weighted by Gasteiger charge is -2.31. The summed E-state index contributed by atoms with van der Waals surface area (Å²) in [6.45, 7) is 7.59. The van der Waals surface area contributed by atoms with Crippen LogP contribution in [0, 0.1) is 6.92 Å². The van der Waals surface area contributed by atoms with Crippen molar-refractivity contribution in [1.82, 2.24) is 15.0 Å². The van der Waals surface area contributed by atoms with Gasteiger partial charge in [0.25, 0.3) is 0 Å². The van der Waals surface area contributed by atoms with Crippen LogP contribution in [0.2, 0.25) is 0 Å². The molecule has 4 rings (SSSR count). The van der Waals surface area contributed by atoms with Gasteiger partial charge in [0.05, 0.1) is 30.8 Å². The number of nitrogens with zero attached hydrogens (tertiary/aromatic N) is 3. The SMILES string of the molecule is CCC(Cc1ccc(OC)c(C(C)O)c1)(C(=O)O)c1ccc2c(nnn2CCCCCOCc2ccccc2)c1C. The van der Waals surface area contributed by atoms with E-state index in [9.17, 15) is 15.0 Å². The molecule has 0 bridgehead atoms. The maximum atomic E-state index is 12.9. The average Bonchev–Trinajstić information content (AvgIpc) is 3.40. The van der Waals surface area contributed by atoms with Crippen LogP contribution in [0.1, 0.15) is 73.5 Å². The van der Waals surface area contributed by atoms with Crippen molar-refractivity contribution in [2.45, 2.75) is 77.5 Å². The van der Waals surface area contributed by atoms with E-state index in [0.29, 0.717) is 24.3 Å². The molecule has 0 spiro atoms. The highest BCUT2D eigenvalue weighted by atomic mass is 16.5. The van der Waals surface area contributed by atoms with Crippen molar-refractivity contribution in [2.75, 3.05) is 13.7 Å². The summed E-state index contributed by atoms with van der Waals surface area (Å²) in [6.07, 6.45) is 2.87. The van der Waals surface area contributed by atoms with E-state index in [2.05, 4.69) is 22.4 Å². The smallest absolute Gasteiger partial charge is 0.314 e. The molecule has 218 valence electrons. The van der Waals surface area contributed by atoms with E-state index < -0.39 is 17.5 Å². The van der Waals surface area contributed by atoms with Gasteiger partial charge in [-0.3, -0.25) is 4.79 Å². The third-order valence-electron chi connectivity index (χ3n) is 7.99. The summed E-state index contributed by atoms with van der Waals surface area (Å²) in [4.78, 5) is 12.9. The number of methoxy groups -OCH3 is 1. The number of unbranched alkanes of at least 4 members (excludes halogenated alkanes) is 2. The van der Waals surface area contributed by atoms with Gasteiger partial charge in [0.1, 0.15) is 11.3 Å². The summed E-state index contributed by atoms with van der Waals surface area (Å²) in [5, 5.41) is 29.7. The summed E-state index contributed by atoms with van der Waals surface area (Å²) in [5.74, 6) is -0.311. The Hall–Kier alpha value is -3.75. The number of ether oxygens (including phenoxy) is 2. The molecular weight excluding hydrogens is 518 g/mol. The van der Waals surface area contributed by atoms with Gasteiger partial charge in [-0.2, -0.15) is 0 Å². The number of carboxylic acids is 1. The molecule has 1 aromatic heterocycles. The van der Waals surface area contributed by atoms with E-state index in [1.165, 1.54) is 5.56 Å². The van der Waals surface area contributed by atoms with Gasteiger partial charge < -0.3 is 19.7 Å². The number of carboxylic acid groups (broad SMARTS) is 1. The molecule has 8 heteroatoms. The minimum atomic E-state index is -1.16. The molecule has 2 N–H and O–H groups in total. The molecule has 0 saturated carbocycles. The number of aryl methyl sites for hydroxylation is 2. The molecule has 0 aliphatic heterocycles. The van der Waals surface area contributed by atoms with Crippen molar-refractivity contribution in [3.8, 4) is 5.75 Å². The Labute approximate surface area is 241 Å². The van der Waals surface area contributed by atoms with E-state index in [-0.39, 0.29) is 6.42 Å². The number of aliphatic hydroxyl groups excluding tert-OH is 1. The molecule has 0 aliphatic carbocycles. The first kappa shape index (κ1) is 30.2. The first-order valence-electron chi connectivity index (χ1n) is 14.3. The Morgan fingerprint density at radius 2 is 1.83 bits per heavy atom. The maximum absolute atomic E-state index is 12.9. The van der Waals surface area contributed by atoms with Crippen LogP contribution in [-0.4, -0.2) is 44.9 Å². The molecule has 1 heterocycles.